The molecule has 1 fully saturated rings. The van der Waals surface area contributed by atoms with E-state index in [0.29, 0.717) is 24.3 Å². The molecule has 2 atom stereocenters. The molecule has 1 aliphatic rings. The topological polar surface area (TPSA) is 64.8 Å². The minimum Gasteiger partial charge on any atom is -0.398 e. The fourth-order valence-corrected chi connectivity index (χ4v) is 2.42. The van der Waals surface area contributed by atoms with Crippen LogP contribution in [0.1, 0.15) is 15.9 Å². The van der Waals surface area contributed by atoms with Crippen molar-refractivity contribution in [1.82, 2.24) is 4.90 Å². The molecular formula is C14H20N2O3. The van der Waals surface area contributed by atoms with E-state index < -0.39 is 0 Å². The highest BCUT2D eigenvalue weighted by atomic mass is 16.5. The largest absolute Gasteiger partial charge is 0.398 e. The molecule has 19 heavy (non-hydrogen) atoms. The second kappa shape index (κ2) is 5.59. The third-order valence-electron chi connectivity index (χ3n) is 3.71. The van der Waals surface area contributed by atoms with Gasteiger partial charge in [0.2, 0.25) is 0 Å². The summed E-state index contributed by atoms with van der Waals surface area (Å²) in [6.07, 6.45) is -0.148. The Morgan fingerprint density at radius 1 is 1.26 bits per heavy atom. The summed E-state index contributed by atoms with van der Waals surface area (Å²) in [5, 5.41) is 0. The van der Waals surface area contributed by atoms with Crippen LogP contribution in [-0.2, 0) is 9.47 Å². The number of likely N-dealkylation sites (tertiary alicyclic amines) is 1. The van der Waals surface area contributed by atoms with Crippen LogP contribution in [0.4, 0.5) is 5.69 Å². The van der Waals surface area contributed by atoms with E-state index in [1.807, 2.05) is 6.92 Å². The first-order valence-electron chi connectivity index (χ1n) is 6.28. The van der Waals surface area contributed by atoms with E-state index >= 15 is 0 Å². The number of rotatable bonds is 3. The van der Waals surface area contributed by atoms with Gasteiger partial charge in [-0.25, -0.2) is 0 Å². The van der Waals surface area contributed by atoms with Crippen molar-refractivity contribution in [3.8, 4) is 0 Å². The highest BCUT2D eigenvalue weighted by Gasteiger charge is 2.36. The van der Waals surface area contributed by atoms with E-state index in [4.69, 9.17) is 15.2 Å². The van der Waals surface area contributed by atoms with Crippen molar-refractivity contribution in [2.45, 2.75) is 19.1 Å². The zero-order valence-electron chi connectivity index (χ0n) is 11.6. The monoisotopic (exact) mass is 264 g/mol. The van der Waals surface area contributed by atoms with Crippen molar-refractivity contribution in [1.29, 1.82) is 0 Å². The zero-order chi connectivity index (χ0) is 14.0. The highest BCUT2D eigenvalue weighted by Crippen LogP contribution is 2.22. The van der Waals surface area contributed by atoms with Crippen LogP contribution in [0.15, 0.2) is 18.2 Å². The number of hydrogen-bond donors (Lipinski definition) is 1. The second-order valence-corrected chi connectivity index (χ2v) is 4.78. The van der Waals surface area contributed by atoms with Crippen LogP contribution in [0.3, 0.4) is 0 Å². The van der Waals surface area contributed by atoms with Crippen molar-refractivity contribution in [2.24, 2.45) is 0 Å². The van der Waals surface area contributed by atoms with E-state index in [1.54, 1.807) is 37.3 Å². The summed E-state index contributed by atoms with van der Waals surface area (Å²) in [5.74, 6) is -0.0219. The molecule has 5 nitrogen and oxygen atoms in total. The van der Waals surface area contributed by atoms with E-state index in [0.717, 1.165) is 5.56 Å². The van der Waals surface area contributed by atoms with Gasteiger partial charge in [0.25, 0.3) is 5.91 Å². The number of benzene rings is 1. The lowest BCUT2D eigenvalue weighted by Gasteiger charge is -2.17. The van der Waals surface area contributed by atoms with E-state index in [1.165, 1.54) is 0 Å². The van der Waals surface area contributed by atoms with Crippen LogP contribution in [0.25, 0.3) is 0 Å². The number of carbonyl (C=O) groups excluding carboxylic acids is 1. The van der Waals surface area contributed by atoms with Crippen LogP contribution in [0, 0.1) is 6.92 Å². The molecule has 0 aromatic heterocycles. The first-order valence-corrected chi connectivity index (χ1v) is 6.28. The third-order valence-corrected chi connectivity index (χ3v) is 3.71. The van der Waals surface area contributed by atoms with Crippen molar-refractivity contribution >= 4 is 11.6 Å². The average Bonchev–Trinajstić information content (AvgIpc) is 2.84. The standard InChI is InChI=1S/C14H20N2O3/c1-9-10(5-4-6-11(9)15)14(17)16-7-12(18-2)13(8-16)19-3/h4-6,12-13H,7-8,15H2,1-3H3. The number of nitrogens with two attached hydrogens (primary N) is 1. The molecule has 1 aromatic carbocycles. The quantitative estimate of drug-likeness (QED) is 0.829. The molecule has 104 valence electrons. The summed E-state index contributed by atoms with van der Waals surface area (Å²) in [6.45, 7) is 2.95. The molecule has 5 heteroatoms. The average molecular weight is 264 g/mol. The number of hydrogen-bond acceptors (Lipinski definition) is 4. The first-order chi connectivity index (χ1) is 9.08. The smallest absolute Gasteiger partial charge is 0.254 e. The Morgan fingerprint density at radius 3 is 2.37 bits per heavy atom. The molecule has 2 N–H and O–H groups in total. The fraction of sp³-hybridized carbons (Fsp3) is 0.500. The second-order valence-electron chi connectivity index (χ2n) is 4.78. The summed E-state index contributed by atoms with van der Waals surface area (Å²) in [5.41, 5.74) is 7.95. The Bertz CT molecular complexity index is 464. The predicted molar refractivity (Wildman–Crippen MR) is 73.1 cm³/mol. The van der Waals surface area contributed by atoms with Crippen molar-refractivity contribution in [3.05, 3.63) is 29.3 Å². The number of carbonyl (C=O) groups is 1. The minimum absolute atomic E-state index is 0.0219. The van der Waals surface area contributed by atoms with Gasteiger partial charge in [-0.15, -0.1) is 0 Å². The minimum atomic E-state index is -0.0738. The molecular weight excluding hydrogens is 244 g/mol. The van der Waals surface area contributed by atoms with Gasteiger partial charge in [-0.05, 0) is 24.6 Å². The molecule has 1 aromatic rings. The molecule has 0 aliphatic carbocycles. The highest BCUT2D eigenvalue weighted by molar-refractivity contribution is 5.97. The summed E-state index contributed by atoms with van der Waals surface area (Å²) < 4.78 is 10.7. The summed E-state index contributed by atoms with van der Waals surface area (Å²) in [4.78, 5) is 14.3. The van der Waals surface area contributed by atoms with Gasteiger partial charge in [-0.1, -0.05) is 6.07 Å². The lowest BCUT2D eigenvalue weighted by molar-refractivity contribution is -0.00461. The van der Waals surface area contributed by atoms with Gasteiger partial charge < -0.3 is 20.1 Å². The molecule has 0 bridgehead atoms. The number of nitrogens with zero attached hydrogens (tertiary/aromatic N) is 1. The maximum atomic E-state index is 12.5. The lowest BCUT2D eigenvalue weighted by Crippen LogP contribution is -2.30. The van der Waals surface area contributed by atoms with E-state index in [-0.39, 0.29) is 18.1 Å². The van der Waals surface area contributed by atoms with Crippen molar-refractivity contribution < 1.29 is 14.3 Å². The first kappa shape index (κ1) is 13.8. The molecule has 0 spiro atoms. The molecule has 2 unspecified atom stereocenters. The van der Waals surface area contributed by atoms with Gasteiger partial charge in [0.05, 0.1) is 0 Å². The number of amides is 1. The Labute approximate surface area is 113 Å². The number of anilines is 1. The Morgan fingerprint density at radius 2 is 1.84 bits per heavy atom. The number of nitrogen functional groups attached to an aromatic ring is 1. The number of methoxy groups -OCH3 is 2. The van der Waals surface area contributed by atoms with Crippen LogP contribution in [-0.4, -0.2) is 50.3 Å². The van der Waals surface area contributed by atoms with Crippen LogP contribution in [0.5, 0.6) is 0 Å². The third kappa shape index (κ3) is 2.57. The SMILES string of the molecule is COC1CN(C(=O)c2cccc(N)c2C)CC1OC. The van der Waals surface area contributed by atoms with Crippen LogP contribution in [0.2, 0.25) is 0 Å². The van der Waals surface area contributed by atoms with Gasteiger partial charge >= 0.3 is 0 Å². The maximum Gasteiger partial charge on any atom is 0.254 e. The zero-order valence-corrected chi connectivity index (χ0v) is 11.6. The van der Waals surface area contributed by atoms with Gasteiger partial charge in [0.1, 0.15) is 12.2 Å². The maximum absolute atomic E-state index is 12.5. The molecule has 0 radical (unpaired) electrons. The van der Waals surface area contributed by atoms with Gasteiger partial charge in [0, 0.05) is 38.6 Å². The van der Waals surface area contributed by atoms with Crippen LogP contribution < -0.4 is 5.73 Å². The molecule has 2 rings (SSSR count). The Balaban J connectivity index is 2.19. The summed E-state index contributed by atoms with van der Waals surface area (Å²) in [7, 11) is 3.27. The number of ether oxygens (including phenoxy) is 2. The lowest BCUT2D eigenvalue weighted by atomic mass is 10.1. The summed E-state index contributed by atoms with van der Waals surface area (Å²) >= 11 is 0. The molecule has 1 amide bonds. The summed E-state index contributed by atoms with van der Waals surface area (Å²) in [6, 6.07) is 5.40. The fourth-order valence-electron chi connectivity index (χ4n) is 2.42. The Kier molecular flexibility index (Phi) is 4.07. The Hall–Kier alpha value is -1.59. The van der Waals surface area contributed by atoms with Gasteiger partial charge in [0.15, 0.2) is 0 Å². The van der Waals surface area contributed by atoms with E-state index in [9.17, 15) is 4.79 Å². The van der Waals surface area contributed by atoms with Crippen molar-refractivity contribution in [2.75, 3.05) is 33.0 Å². The van der Waals surface area contributed by atoms with Crippen LogP contribution >= 0.6 is 0 Å². The molecule has 0 saturated carbocycles. The molecule has 1 aliphatic heterocycles. The van der Waals surface area contributed by atoms with Crippen molar-refractivity contribution in [3.63, 3.8) is 0 Å². The van der Waals surface area contributed by atoms with Gasteiger partial charge in [-0.3, -0.25) is 4.79 Å². The normalized spacial score (nSPS) is 22.8. The predicted octanol–water partition coefficient (Wildman–Crippen LogP) is 1.06. The van der Waals surface area contributed by atoms with Gasteiger partial charge in [-0.2, -0.15) is 0 Å². The molecule has 1 heterocycles. The van der Waals surface area contributed by atoms with E-state index in [2.05, 4.69) is 0 Å². The molecule has 1 saturated heterocycles.